The van der Waals surface area contributed by atoms with Crippen molar-refractivity contribution in [2.45, 2.75) is 52.1 Å². The van der Waals surface area contributed by atoms with Crippen molar-refractivity contribution in [3.63, 3.8) is 0 Å². The lowest BCUT2D eigenvalue weighted by Gasteiger charge is -2.31. The van der Waals surface area contributed by atoms with Crippen LogP contribution in [-0.2, 0) is 16.0 Å². The van der Waals surface area contributed by atoms with Gasteiger partial charge in [0.15, 0.2) is 6.61 Å². The molecule has 2 aromatic carbocycles. The summed E-state index contributed by atoms with van der Waals surface area (Å²) < 4.78 is 16.3. The Balaban J connectivity index is 2.18. The molecule has 0 fully saturated rings. The minimum absolute atomic E-state index is 0.0399. The lowest BCUT2D eigenvalue weighted by molar-refractivity contribution is -0.142. The van der Waals surface area contributed by atoms with Crippen LogP contribution in [0.1, 0.15) is 39.2 Å². The molecule has 0 heterocycles. The van der Waals surface area contributed by atoms with Crippen LogP contribution < -0.4 is 19.5 Å². The second kappa shape index (κ2) is 13.4. The van der Waals surface area contributed by atoms with Gasteiger partial charge in [-0.1, -0.05) is 44.2 Å². The first kappa shape index (κ1) is 26.0. The van der Waals surface area contributed by atoms with E-state index < -0.39 is 6.04 Å². The van der Waals surface area contributed by atoms with Crippen molar-refractivity contribution >= 4 is 11.8 Å². The van der Waals surface area contributed by atoms with E-state index >= 15 is 0 Å². The van der Waals surface area contributed by atoms with Crippen molar-refractivity contribution in [2.75, 3.05) is 27.4 Å². The summed E-state index contributed by atoms with van der Waals surface area (Å²) in [6, 6.07) is 14.5. The largest absolute Gasteiger partial charge is 0.496 e. The Morgan fingerprint density at radius 2 is 1.55 bits per heavy atom. The number of hydrogen-bond acceptors (Lipinski definition) is 5. The van der Waals surface area contributed by atoms with Gasteiger partial charge in [-0.2, -0.15) is 0 Å². The number of nitrogens with one attached hydrogen (secondary N) is 1. The van der Waals surface area contributed by atoms with Crippen molar-refractivity contribution in [3.05, 3.63) is 54.1 Å². The third-order valence-electron chi connectivity index (χ3n) is 5.56. The Labute approximate surface area is 197 Å². The van der Waals surface area contributed by atoms with Crippen molar-refractivity contribution in [1.29, 1.82) is 0 Å². The highest BCUT2D eigenvalue weighted by Crippen LogP contribution is 2.27. The fourth-order valence-corrected chi connectivity index (χ4v) is 3.43. The molecule has 180 valence electrons. The standard InChI is InChI=1S/C26H36N2O5/c1-6-19(3)27-26(30)24(7-2)28(14-13-20-11-9-8-10-12-20)25(29)18-33-23-16-21(31-4)15-22(17-23)32-5/h8-12,15-17,19,24H,6-7,13-14,18H2,1-5H3,(H,27,30)/t19-,24-/m1/s1. The normalized spacial score (nSPS) is 12.4. The Hall–Kier alpha value is -3.22. The average Bonchev–Trinajstić information content (AvgIpc) is 2.85. The predicted molar refractivity (Wildman–Crippen MR) is 129 cm³/mol. The van der Waals surface area contributed by atoms with E-state index in [1.807, 2.05) is 51.1 Å². The highest BCUT2D eigenvalue weighted by Gasteiger charge is 2.29. The lowest BCUT2D eigenvalue weighted by Crippen LogP contribution is -2.52. The summed E-state index contributed by atoms with van der Waals surface area (Å²) in [5.74, 6) is 1.20. The van der Waals surface area contributed by atoms with Crippen LogP contribution in [0.5, 0.6) is 17.2 Å². The summed E-state index contributed by atoms with van der Waals surface area (Å²) in [4.78, 5) is 27.9. The van der Waals surface area contributed by atoms with Gasteiger partial charge in [0.1, 0.15) is 23.3 Å². The highest BCUT2D eigenvalue weighted by molar-refractivity contribution is 5.88. The molecular weight excluding hydrogens is 420 g/mol. The number of carbonyl (C=O) groups is 2. The number of benzene rings is 2. The molecule has 33 heavy (non-hydrogen) atoms. The lowest BCUT2D eigenvalue weighted by atomic mass is 10.1. The van der Waals surface area contributed by atoms with Gasteiger partial charge in [-0.05, 0) is 31.7 Å². The Morgan fingerprint density at radius 3 is 2.09 bits per heavy atom. The molecule has 2 atom stereocenters. The number of hydrogen-bond donors (Lipinski definition) is 1. The molecule has 0 aliphatic heterocycles. The van der Waals surface area contributed by atoms with Crippen molar-refractivity contribution in [1.82, 2.24) is 10.2 Å². The number of amides is 2. The Bertz CT molecular complexity index is 865. The first-order chi connectivity index (χ1) is 15.9. The fourth-order valence-electron chi connectivity index (χ4n) is 3.43. The molecule has 0 saturated heterocycles. The van der Waals surface area contributed by atoms with Gasteiger partial charge in [0, 0.05) is 30.8 Å². The predicted octanol–water partition coefficient (Wildman–Crippen LogP) is 3.85. The molecule has 0 aliphatic rings. The molecule has 7 nitrogen and oxygen atoms in total. The fraction of sp³-hybridized carbons (Fsp3) is 0.462. The number of carbonyl (C=O) groups excluding carboxylic acids is 2. The van der Waals surface area contributed by atoms with Gasteiger partial charge in [-0.25, -0.2) is 0 Å². The summed E-state index contributed by atoms with van der Waals surface area (Å²) in [5, 5.41) is 3.01. The third kappa shape index (κ3) is 8.00. The molecule has 0 unspecified atom stereocenters. The number of nitrogens with zero attached hydrogens (tertiary/aromatic N) is 1. The van der Waals surface area contributed by atoms with E-state index in [-0.39, 0.29) is 24.5 Å². The molecule has 2 amide bonds. The van der Waals surface area contributed by atoms with E-state index in [1.165, 1.54) is 0 Å². The molecule has 0 spiro atoms. The van der Waals surface area contributed by atoms with E-state index in [9.17, 15) is 9.59 Å². The molecule has 2 aromatic rings. The summed E-state index contributed by atoms with van der Waals surface area (Å²) >= 11 is 0. The number of rotatable bonds is 13. The summed E-state index contributed by atoms with van der Waals surface area (Å²) in [6.45, 7) is 6.11. The average molecular weight is 457 g/mol. The van der Waals surface area contributed by atoms with E-state index in [2.05, 4.69) is 5.32 Å². The quantitative estimate of drug-likeness (QED) is 0.495. The van der Waals surface area contributed by atoms with Crippen molar-refractivity contribution < 1.29 is 23.8 Å². The molecule has 0 radical (unpaired) electrons. The van der Waals surface area contributed by atoms with Crippen LogP contribution in [0.4, 0.5) is 0 Å². The monoisotopic (exact) mass is 456 g/mol. The van der Waals surface area contributed by atoms with Gasteiger partial charge in [0.05, 0.1) is 14.2 Å². The molecule has 2 rings (SSSR count). The number of methoxy groups -OCH3 is 2. The van der Waals surface area contributed by atoms with Crippen LogP contribution in [0.3, 0.4) is 0 Å². The maximum Gasteiger partial charge on any atom is 0.261 e. The van der Waals surface area contributed by atoms with Crippen molar-refractivity contribution in [3.8, 4) is 17.2 Å². The zero-order valence-electron chi connectivity index (χ0n) is 20.3. The molecule has 1 N–H and O–H groups in total. The van der Waals surface area contributed by atoms with Gasteiger partial charge >= 0.3 is 0 Å². The zero-order chi connectivity index (χ0) is 24.2. The first-order valence-corrected chi connectivity index (χ1v) is 11.4. The third-order valence-corrected chi connectivity index (χ3v) is 5.56. The van der Waals surface area contributed by atoms with Crippen LogP contribution in [0, 0.1) is 0 Å². The van der Waals surface area contributed by atoms with Gasteiger partial charge in [0.25, 0.3) is 5.91 Å². The summed E-state index contributed by atoms with van der Waals surface area (Å²) in [6.07, 6.45) is 1.98. The van der Waals surface area contributed by atoms with E-state index in [4.69, 9.17) is 14.2 Å². The highest BCUT2D eigenvalue weighted by atomic mass is 16.5. The van der Waals surface area contributed by atoms with Crippen LogP contribution in [0.2, 0.25) is 0 Å². The topological polar surface area (TPSA) is 77.1 Å². The molecule has 0 aliphatic carbocycles. The second-order valence-electron chi connectivity index (χ2n) is 7.90. The molecule has 0 aromatic heterocycles. The van der Waals surface area contributed by atoms with Gasteiger partial charge < -0.3 is 24.4 Å². The molecular formula is C26H36N2O5. The van der Waals surface area contributed by atoms with E-state index in [1.54, 1.807) is 37.3 Å². The summed E-state index contributed by atoms with van der Waals surface area (Å²) in [5.41, 5.74) is 1.10. The van der Waals surface area contributed by atoms with Gasteiger partial charge in [0.2, 0.25) is 5.91 Å². The second-order valence-corrected chi connectivity index (χ2v) is 7.90. The Kier molecular flexibility index (Phi) is 10.5. The van der Waals surface area contributed by atoms with Crippen LogP contribution in [0.25, 0.3) is 0 Å². The van der Waals surface area contributed by atoms with Crippen LogP contribution in [0.15, 0.2) is 48.5 Å². The maximum absolute atomic E-state index is 13.3. The van der Waals surface area contributed by atoms with Gasteiger partial charge in [-0.3, -0.25) is 9.59 Å². The van der Waals surface area contributed by atoms with E-state index in [0.717, 1.165) is 12.0 Å². The molecule has 0 bridgehead atoms. The first-order valence-electron chi connectivity index (χ1n) is 11.4. The minimum Gasteiger partial charge on any atom is -0.496 e. The molecule has 7 heteroatoms. The summed E-state index contributed by atoms with van der Waals surface area (Å²) in [7, 11) is 3.10. The van der Waals surface area contributed by atoms with E-state index in [0.29, 0.717) is 36.6 Å². The Morgan fingerprint density at radius 1 is 0.939 bits per heavy atom. The van der Waals surface area contributed by atoms with Gasteiger partial charge in [-0.15, -0.1) is 0 Å². The SMILES string of the molecule is CC[C@@H](C)NC(=O)[C@@H](CC)N(CCc1ccccc1)C(=O)COc1cc(OC)cc(OC)c1. The van der Waals surface area contributed by atoms with Crippen molar-refractivity contribution in [2.24, 2.45) is 0 Å². The van der Waals surface area contributed by atoms with Crippen LogP contribution in [-0.4, -0.2) is 56.2 Å². The zero-order valence-corrected chi connectivity index (χ0v) is 20.3. The minimum atomic E-state index is -0.571. The number of ether oxygens (including phenoxy) is 3. The van der Waals surface area contributed by atoms with Crippen LogP contribution >= 0.6 is 0 Å². The molecule has 0 saturated carbocycles. The smallest absolute Gasteiger partial charge is 0.261 e. The maximum atomic E-state index is 13.3.